The van der Waals surface area contributed by atoms with Gasteiger partial charge in [0.15, 0.2) is 0 Å². The SMILES string of the molecule is C=CC(=O)O.CC(O)CSc1cccc2ccccc12. The Morgan fingerprint density at radius 2 is 1.90 bits per heavy atom. The summed E-state index contributed by atoms with van der Waals surface area (Å²) in [4.78, 5) is 10.5. The molecular weight excluding hydrogens is 272 g/mol. The average molecular weight is 290 g/mol. The molecule has 2 aromatic carbocycles. The summed E-state index contributed by atoms with van der Waals surface area (Å²) in [5.41, 5.74) is 0. The van der Waals surface area contributed by atoms with Gasteiger partial charge in [-0.2, -0.15) is 0 Å². The number of hydrogen-bond acceptors (Lipinski definition) is 3. The lowest BCUT2D eigenvalue weighted by Gasteiger charge is -2.07. The van der Waals surface area contributed by atoms with E-state index in [0.29, 0.717) is 0 Å². The third-order valence-electron chi connectivity index (χ3n) is 2.40. The number of hydrogen-bond donors (Lipinski definition) is 2. The van der Waals surface area contributed by atoms with E-state index in [1.807, 2.05) is 13.0 Å². The predicted molar refractivity (Wildman–Crippen MR) is 84.2 cm³/mol. The molecule has 0 fully saturated rings. The summed E-state index contributed by atoms with van der Waals surface area (Å²) >= 11 is 1.71. The van der Waals surface area contributed by atoms with Gasteiger partial charge in [0.1, 0.15) is 0 Å². The fraction of sp³-hybridized carbons (Fsp3) is 0.188. The summed E-state index contributed by atoms with van der Waals surface area (Å²) in [6.45, 7) is 4.78. The van der Waals surface area contributed by atoms with E-state index >= 15 is 0 Å². The van der Waals surface area contributed by atoms with E-state index in [1.165, 1.54) is 15.7 Å². The minimum atomic E-state index is -0.981. The number of aliphatic hydroxyl groups excluding tert-OH is 1. The molecule has 0 aromatic heterocycles. The molecule has 0 radical (unpaired) electrons. The average Bonchev–Trinajstić information content (AvgIpc) is 2.45. The molecule has 2 N–H and O–H groups in total. The Bertz CT molecular complexity index is 573. The molecule has 0 saturated carbocycles. The second-order valence-electron chi connectivity index (χ2n) is 4.18. The van der Waals surface area contributed by atoms with Gasteiger partial charge >= 0.3 is 5.97 Å². The van der Waals surface area contributed by atoms with Gasteiger partial charge in [-0.1, -0.05) is 43.0 Å². The number of aliphatic hydroxyl groups is 1. The number of fused-ring (bicyclic) bond motifs is 1. The Balaban J connectivity index is 0.000000347. The Morgan fingerprint density at radius 3 is 2.50 bits per heavy atom. The van der Waals surface area contributed by atoms with Crippen molar-refractivity contribution in [3.05, 3.63) is 55.1 Å². The van der Waals surface area contributed by atoms with Crippen molar-refractivity contribution >= 4 is 28.5 Å². The van der Waals surface area contributed by atoms with Gasteiger partial charge in [0.25, 0.3) is 0 Å². The Morgan fingerprint density at radius 1 is 1.30 bits per heavy atom. The molecule has 2 aromatic rings. The number of carbonyl (C=O) groups is 1. The van der Waals surface area contributed by atoms with Gasteiger partial charge in [-0.3, -0.25) is 0 Å². The maximum absolute atomic E-state index is 9.26. The Kier molecular flexibility index (Phi) is 6.84. The first kappa shape index (κ1) is 16.3. The lowest BCUT2D eigenvalue weighted by atomic mass is 10.1. The first-order valence-corrected chi connectivity index (χ1v) is 7.17. The van der Waals surface area contributed by atoms with E-state index in [-0.39, 0.29) is 6.10 Å². The first-order chi connectivity index (χ1) is 9.54. The van der Waals surface area contributed by atoms with Crippen LogP contribution in [0, 0.1) is 0 Å². The van der Waals surface area contributed by atoms with Gasteiger partial charge in [0.05, 0.1) is 6.10 Å². The highest BCUT2D eigenvalue weighted by molar-refractivity contribution is 7.99. The van der Waals surface area contributed by atoms with Crippen molar-refractivity contribution in [3.63, 3.8) is 0 Å². The van der Waals surface area contributed by atoms with E-state index in [2.05, 4.69) is 43.0 Å². The Labute approximate surface area is 122 Å². The first-order valence-electron chi connectivity index (χ1n) is 6.18. The quantitative estimate of drug-likeness (QED) is 0.667. The molecule has 0 aliphatic carbocycles. The van der Waals surface area contributed by atoms with Crippen LogP contribution in [0.5, 0.6) is 0 Å². The number of carboxylic acid groups (broad SMARTS) is 1. The van der Waals surface area contributed by atoms with Crippen molar-refractivity contribution in [2.24, 2.45) is 0 Å². The molecule has 0 aliphatic rings. The molecule has 0 spiro atoms. The number of rotatable bonds is 4. The maximum atomic E-state index is 9.26. The lowest BCUT2D eigenvalue weighted by Crippen LogP contribution is -2.02. The molecule has 3 nitrogen and oxygen atoms in total. The van der Waals surface area contributed by atoms with Crippen LogP contribution in [0.2, 0.25) is 0 Å². The summed E-state index contributed by atoms with van der Waals surface area (Å²) in [5.74, 6) is -0.237. The smallest absolute Gasteiger partial charge is 0.327 e. The fourth-order valence-corrected chi connectivity index (χ4v) is 2.47. The molecule has 0 aliphatic heterocycles. The highest BCUT2D eigenvalue weighted by atomic mass is 32.2. The number of carboxylic acids is 1. The summed E-state index contributed by atoms with van der Waals surface area (Å²) in [7, 11) is 0. The van der Waals surface area contributed by atoms with Gasteiger partial charge < -0.3 is 10.2 Å². The summed E-state index contributed by atoms with van der Waals surface area (Å²) in [6.07, 6.45) is 0.578. The van der Waals surface area contributed by atoms with Gasteiger partial charge in [0.2, 0.25) is 0 Å². The normalized spacial score (nSPS) is 11.3. The van der Waals surface area contributed by atoms with Crippen molar-refractivity contribution < 1.29 is 15.0 Å². The zero-order valence-corrected chi connectivity index (χ0v) is 12.1. The van der Waals surface area contributed by atoms with Crippen LogP contribution in [0.4, 0.5) is 0 Å². The van der Waals surface area contributed by atoms with E-state index < -0.39 is 5.97 Å². The maximum Gasteiger partial charge on any atom is 0.327 e. The molecule has 0 heterocycles. The largest absolute Gasteiger partial charge is 0.478 e. The van der Waals surface area contributed by atoms with E-state index in [1.54, 1.807) is 11.8 Å². The molecule has 1 unspecified atom stereocenters. The second-order valence-corrected chi connectivity index (χ2v) is 5.24. The minimum absolute atomic E-state index is 0.256. The number of aliphatic carboxylic acids is 1. The highest BCUT2D eigenvalue weighted by Gasteiger charge is 2.02. The Hall–Kier alpha value is -1.78. The second kappa shape index (κ2) is 8.40. The van der Waals surface area contributed by atoms with Crippen molar-refractivity contribution in [1.82, 2.24) is 0 Å². The van der Waals surface area contributed by atoms with Gasteiger partial charge in [0, 0.05) is 16.7 Å². The molecule has 20 heavy (non-hydrogen) atoms. The topological polar surface area (TPSA) is 57.5 Å². The van der Waals surface area contributed by atoms with Crippen LogP contribution >= 0.6 is 11.8 Å². The summed E-state index contributed by atoms with van der Waals surface area (Å²) in [5, 5.41) is 19.4. The van der Waals surface area contributed by atoms with Gasteiger partial charge in [-0.05, 0) is 23.8 Å². The van der Waals surface area contributed by atoms with Gasteiger partial charge in [-0.15, -0.1) is 11.8 Å². The van der Waals surface area contributed by atoms with Crippen LogP contribution in [0.25, 0.3) is 10.8 Å². The zero-order chi connectivity index (χ0) is 15.0. The van der Waals surface area contributed by atoms with Crippen LogP contribution in [0.3, 0.4) is 0 Å². The summed E-state index contributed by atoms with van der Waals surface area (Å²) in [6, 6.07) is 14.6. The minimum Gasteiger partial charge on any atom is -0.478 e. The van der Waals surface area contributed by atoms with Crippen molar-refractivity contribution in [2.75, 3.05) is 5.75 Å². The van der Waals surface area contributed by atoms with Crippen LogP contribution in [0.1, 0.15) is 6.92 Å². The standard InChI is InChI=1S/C13H14OS.C3H4O2/c1-10(14)9-15-13-8-4-6-11-5-2-3-7-12(11)13;1-2-3(4)5/h2-8,10,14H,9H2,1H3;2H,1H2,(H,4,5). The summed E-state index contributed by atoms with van der Waals surface area (Å²) < 4.78 is 0. The highest BCUT2D eigenvalue weighted by Crippen LogP contribution is 2.27. The molecule has 0 bridgehead atoms. The van der Waals surface area contributed by atoms with E-state index in [4.69, 9.17) is 5.11 Å². The molecule has 1 atom stereocenters. The molecule has 0 amide bonds. The van der Waals surface area contributed by atoms with Crippen molar-refractivity contribution in [1.29, 1.82) is 0 Å². The monoisotopic (exact) mass is 290 g/mol. The molecule has 4 heteroatoms. The number of thioether (sulfide) groups is 1. The lowest BCUT2D eigenvalue weighted by molar-refractivity contribution is -0.131. The molecule has 106 valence electrons. The zero-order valence-electron chi connectivity index (χ0n) is 11.3. The van der Waals surface area contributed by atoms with Crippen molar-refractivity contribution in [3.8, 4) is 0 Å². The molecule has 2 rings (SSSR count). The third kappa shape index (κ3) is 5.47. The van der Waals surface area contributed by atoms with Crippen LogP contribution in [0.15, 0.2) is 60.0 Å². The predicted octanol–water partition coefficient (Wildman–Crippen LogP) is 3.57. The van der Waals surface area contributed by atoms with E-state index in [9.17, 15) is 9.90 Å². The van der Waals surface area contributed by atoms with Crippen molar-refractivity contribution in [2.45, 2.75) is 17.9 Å². The van der Waals surface area contributed by atoms with Crippen LogP contribution in [-0.4, -0.2) is 28.0 Å². The fourth-order valence-electron chi connectivity index (χ4n) is 1.53. The molecule has 0 saturated heterocycles. The molecular formula is C16H18O3S. The van der Waals surface area contributed by atoms with E-state index in [0.717, 1.165) is 11.8 Å². The third-order valence-corrected chi connectivity index (χ3v) is 3.72. The van der Waals surface area contributed by atoms with Gasteiger partial charge in [-0.25, -0.2) is 4.79 Å². The number of benzene rings is 2. The van der Waals surface area contributed by atoms with Crippen LogP contribution < -0.4 is 0 Å². The van der Waals surface area contributed by atoms with Crippen LogP contribution in [-0.2, 0) is 4.79 Å².